The van der Waals surface area contributed by atoms with Crippen LogP contribution in [0.25, 0.3) is 0 Å². The molecule has 0 saturated heterocycles. The van der Waals surface area contributed by atoms with E-state index in [1.807, 2.05) is 0 Å². The number of amides is 1. The maximum atomic E-state index is 11.3. The fraction of sp³-hybridized carbons (Fsp3) is 0.222. The third-order valence-corrected chi connectivity index (χ3v) is 2.96. The highest BCUT2D eigenvalue weighted by molar-refractivity contribution is 9.10. The predicted molar refractivity (Wildman–Crippen MR) is 66.9 cm³/mol. The Kier molecular flexibility index (Phi) is 3.93. The number of sulfone groups is 1. The molecule has 0 unspecified atom stereocenters. The summed E-state index contributed by atoms with van der Waals surface area (Å²) < 4.78 is 22.5. The van der Waals surface area contributed by atoms with Crippen molar-refractivity contribution in [2.45, 2.75) is 0 Å². The topological polar surface area (TPSA) is 89.3 Å². The number of nitrogen functional groups attached to an aromatic ring is 1. The summed E-state index contributed by atoms with van der Waals surface area (Å²) in [4.78, 5) is 11.3. The van der Waals surface area contributed by atoms with Gasteiger partial charge in [0.15, 0.2) is 9.84 Å². The lowest BCUT2D eigenvalue weighted by atomic mass is 10.3. The molecule has 0 aliphatic heterocycles. The number of carbonyl (C=O) groups excluding carboxylic acids is 1. The van der Waals surface area contributed by atoms with Crippen LogP contribution in [0.15, 0.2) is 22.7 Å². The SMILES string of the molecule is CS(=O)(=O)CC(=O)Nc1ccc(Br)cc1N. The van der Waals surface area contributed by atoms with Crippen LogP contribution in [0.4, 0.5) is 11.4 Å². The van der Waals surface area contributed by atoms with Gasteiger partial charge in [-0.3, -0.25) is 4.79 Å². The molecule has 0 aromatic heterocycles. The van der Waals surface area contributed by atoms with Crippen LogP contribution in [0.2, 0.25) is 0 Å². The zero-order valence-corrected chi connectivity index (χ0v) is 10.9. The first-order valence-electron chi connectivity index (χ1n) is 4.30. The molecule has 1 amide bonds. The molecule has 0 bridgehead atoms. The Morgan fingerprint density at radius 3 is 2.62 bits per heavy atom. The quantitative estimate of drug-likeness (QED) is 0.816. The van der Waals surface area contributed by atoms with Gasteiger partial charge in [-0.15, -0.1) is 0 Å². The predicted octanol–water partition coefficient (Wildman–Crippen LogP) is 1.01. The monoisotopic (exact) mass is 306 g/mol. The smallest absolute Gasteiger partial charge is 0.239 e. The van der Waals surface area contributed by atoms with Crippen molar-refractivity contribution in [1.29, 1.82) is 0 Å². The first-order valence-corrected chi connectivity index (χ1v) is 7.16. The van der Waals surface area contributed by atoms with E-state index in [0.29, 0.717) is 11.4 Å². The van der Waals surface area contributed by atoms with Crippen molar-refractivity contribution in [2.75, 3.05) is 23.1 Å². The summed E-state index contributed by atoms with van der Waals surface area (Å²) >= 11 is 3.22. The molecule has 1 aromatic carbocycles. The van der Waals surface area contributed by atoms with Crippen molar-refractivity contribution < 1.29 is 13.2 Å². The molecule has 0 spiro atoms. The van der Waals surface area contributed by atoms with E-state index >= 15 is 0 Å². The fourth-order valence-electron chi connectivity index (χ4n) is 1.07. The minimum absolute atomic E-state index is 0.372. The van der Waals surface area contributed by atoms with Crippen molar-refractivity contribution in [1.82, 2.24) is 0 Å². The molecule has 0 saturated carbocycles. The van der Waals surface area contributed by atoms with Gasteiger partial charge in [-0.2, -0.15) is 0 Å². The molecule has 0 aliphatic rings. The number of rotatable bonds is 3. The van der Waals surface area contributed by atoms with Crippen LogP contribution in [0.1, 0.15) is 0 Å². The summed E-state index contributed by atoms with van der Waals surface area (Å²) in [5.41, 5.74) is 6.41. The largest absolute Gasteiger partial charge is 0.397 e. The second-order valence-corrected chi connectivity index (χ2v) is 6.41. The van der Waals surface area contributed by atoms with E-state index in [1.165, 1.54) is 0 Å². The lowest BCUT2D eigenvalue weighted by Gasteiger charge is -2.07. The normalized spacial score (nSPS) is 11.1. The van der Waals surface area contributed by atoms with Crippen LogP contribution in [0.5, 0.6) is 0 Å². The van der Waals surface area contributed by atoms with Crippen molar-refractivity contribution >= 4 is 43.0 Å². The number of nitrogens with one attached hydrogen (secondary N) is 1. The molecular formula is C9H11BrN2O3S. The van der Waals surface area contributed by atoms with E-state index in [4.69, 9.17) is 5.73 Å². The van der Waals surface area contributed by atoms with Crippen molar-refractivity contribution in [3.8, 4) is 0 Å². The van der Waals surface area contributed by atoms with Gasteiger partial charge < -0.3 is 11.1 Å². The van der Waals surface area contributed by atoms with E-state index in [9.17, 15) is 13.2 Å². The molecular weight excluding hydrogens is 296 g/mol. The van der Waals surface area contributed by atoms with Gasteiger partial charge in [-0.05, 0) is 18.2 Å². The molecule has 0 heterocycles. The minimum Gasteiger partial charge on any atom is -0.397 e. The van der Waals surface area contributed by atoms with Gasteiger partial charge in [-0.25, -0.2) is 8.42 Å². The maximum Gasteiger partial charge on any atom is 0.239 e. The summed E-state index contributed by atoms with van der Waals surface area (Å²) in [6, 6.07) is 4.92. The molecule has 16 heavy (non-hydrogen) atoms. The molecule has 5 nitrogen and oxygen atoms in total. The highest BCUT2D eigenvalue weighted by atomic mass is 79.9. The van der Waals surface area contributed by atoms with Gasteiger partial charge in [-0.1, -0.05) is 15.9 Å². The minimum atomic E-state index is -3.33. The lowest BCUT2D eigenvalue weighted by Crippen LogP contribution is -2.22. The second-order valence-electron chi connectivity index (χ2n) is 3.35. The third kappa shape index (κ3) is 4.19. The maximum absolute atomic E-state index is 11.3. The molecule has 0 radical (unpaired) electrons. The molecule has 0 fully saturated rings. The number of nitrogens with two attached hydrogens (primary N) is 1. The Labute approximate surface area is 102 Å². The summed E-state index contributed by atoms with van der Waals surface area (Å²) in [7, 11) is -3.33. The van der Waals surface area contributed by atoms with E-state index in [0.717, 1.165) is 10.7 Å². The van der Waals surface area contributed by atoms with Gasteiger partial charge >= 0.3 is 0 Å². The van der Waals surface area contributed by atoms with Gasteiger partial charge in [0.1, 0.15) is 5.75 Å². The summed E-state index contributed by atoms with van der Waals surface area (Å²) in [6.07, 6.45) is 0.998. The number of hydrogen-bond acceptors (Lipinski definition) is 4. The Morgan fingerprint density at radius 2 is 2.12 bits per heavy atom. The summed E-state index contributed by atoms with van der Waals surface area (Å²) in [5.74, 6) is -1.15. The highest BCUT2D eigenvalue weighted by Crippen LogP contribution is 2.22. The highest BCUT2D eigenvalue weighted by Gasteiger charge is 2.12. The van der Waals surface area contributed by atoms with E-state index < -0.39 is 21.5 Å². The van der Waals surface area contributed by atoms with Crippen LogP contribution in [0, 0.1) is 0 Å². The molecule has 1 rings (SSSR count). The molecule has 88 valence electrons. The molecule has 3 N–H and O–H groups in total. The van der Waals surface area contributed by atoms with Gasteiger partial charge in [0, 0.05) is 10.7 Å². The first-order chi connectivity index (χ1) is 7.28. The van der Waals surface area contributed by atoms with E-state index in [2.05, 4.69) is 21.2 Å². The average molecular weight is 307 g/mol. The average Bonchev–Trinajstić information content (AvgIpc) is 2.06. The summed E-state index contributed by atoms with van der Waals surface area (Å²) in [6.45, 7) is 0. The van der Waals surface area contributed by atoms with Crippen LogP contribution in [-0.4, -0.2) is 26.3 Å². The number of carbonyl (C=O) groups is 1. The van der Waals surface area contributed by atoms with Gasteiger partial charge in [0.25, 0.3) is 0 Å². The van der Waals surface area contributed by atoms with Crippen molar-refractivity contribution in [3.05, 3.63) is 22.7 Å². The standard InChI is InChI=1S/C9H11BrN2O3S/c1-16(14,15)5-9(13)12-8-3-2-6(10)4-7(8)11/h2-4H,5,11H2,1H3,(H,12,13). The Morgan fingerprint density at radius 1 is 1.50 bits per heavy atom. The number of hydrogen-bond donors (Lipinski definition) is 2. The Hall–Kier alpha value is -1.08. The Balaban J connectivity index is 2.78. The first kappa shape index (κ1) is 13.0. The second kappa shape index (κ2) is 4.84. The van der Waals surface area contributed by atoms with Crippen LogP contribution < -0.4 is 11.1 Å². The zero-order chi connectivity index (χ0) is 12.3. The van der Waals surface area contributed by atoms with Crippen LogP contribution in [-0.2, 0) is 14.6 Å². The Bertz CT molecular complexity index is 513. The van der Waals surface area contributed by atoms with Crippen molar-refractivity contribution in [3.63, 3.8) is 0 Å². The number of halogens is 1. The van der Waals surface area contributed by atoms with Crippen LogP contribution >= 0.6 is 15.9 Å². The van der Waals surface area contributed by atoms with Gasteiger partial charge in [0.2, 0.25) is 5.91 Å². The lowest BCUT2D eigenvalue weighted by molar-refractivity contribution is -0.113. The van der Waals surface area contributed by atoms with Crippen LogP contribution in [0.3, 0.4) is 0 Å². The van der Waals surface area contributed by atoms with Gasteiger partial charge in [0.05, 0.1) is 11.4 Å². The molecule has 1 aromatic rings. The molecule has 7 heteroatoms. The third-order valence-electron chi connectivity index (χ3n) is 1.68. The van der Waals surface area contributed by atoms with E-state index in [1.54, 1.807) is 18.2 Å². The molecule has 0 aliphatic carbocycles. The number of benzene rings is 1. The van der Waals surface area contributed by atoms with E-state index in [-0.39, 0.29) is 0 Å². The number of anilines is 2. The summed E-state index contributed by atoms with van der Waals surface area (Å²) in [5, 5.41) is 2.43. The van der Waals surface area contributed by atoms with Crippen molar-refractivity contribution in [2.24, 2.45) is 0 Å². The fourth-order valence-corrected chi connectivity index (χ4v) is 2.00. The zero-order valence-electron chi connectivity index (χ0n) is 8.53. The molecule has 0 atom stereocenters.